The van der Waals surface area contributed by atoms with Crippen LogP contribution in [0.5, 0.6) is 0 Å². The number of thiazole rings is 1. The minimum Gasteiger partial charge on any atom is -0.317 e. The Hall–Kier alpha value is -2.20. The molecule has 0 atom stereocenters. The summed E-state index contributed by atoms with van der Waals surface area (Å²) in [6.45, 7) is 2.07. The van der Waals surface area contributed by atoms with E-state index in [1.54, 1.807) is 17.7 Å². The Kier molecular flexibility index (Phi) is 3.01. The quantitative estimate of drug-likeness (QED) is 0.734. The summed E-state index contributed by atoms with van der Waals surface area (Å²) in [6, 6.07) is 13.8. The van der Waals surface area contributed by atoms with E-state index in [0.29, 0.717) is 0 Å². The van der Waals surface area contributed by atoms with E-state index in [9.17, 15) is 4.79 Å². The van der Waals surface area contributed by atoms with Gasteiger partial charge in [-0.05, 0) is 36.8 Å². The van der Waals surface area contributed by atoms with Crippen molar-refractivity contribution < 1.29 is 4.79 Å². The van der Waals surface area contributed by atoms with Gasteiger partial charge >= 0.3 is 6.41 Å². The molecule has 0 unspecified atom stereocenters. The molecule has 3 rings (SSSR count). The third kappa shape index (κ3) is 2.22. The zero-order valence-electron chi connectivity index (χ0n) is 10.3. The molecule has 1 amide bonds. The largest absolute Gasteiger partial charge is 0.317 e. The highest BCUT2D eigenvalue weighted by Gasteiger charge is 2.10. The van der Waals surface area contributed by atoms with E-state index in [0.717, 1.165) is 26.5 Å². The molecule has 0 spiro atoms. The van der Waals surface area contributed by atoms with E-state index >= 15 is 0 Å². The number of nitrogens with one attached hydrogen (secondary N) is 1. The van der Waals surface area contributed by atoms with Crippen LogP contribution in [0.3, 0.4) is 0 Å². The van der Waals surface area contributed by atoms with Crippen LogP contribution >= 0.6 is 11.3 Å². The minimum atomic E-state index is 0.730. The normalized spacial score (nSPS) is 10.6. The van der Waals surface area contributed by atoms with Gasteiger partial charge in [-0.15, -0.1) is 11.3 Å². The number of para-hydroxylation sites is 1. The van der Waals surface area contributed by atoms with E-state index in [-0.39, 0.29) is 0 Å². The summed E-state index contributed by atoms with van der Waals surface area (Å²) >= 11 is 1.62. The number of benzene rings is 2. The third-order valence-corrected chi connectivity index (χ3v) is 3.94. The van der Waals surface area contributed by atoms with E-state index in [1.165, 1.54) is 5.56 Å². The lowest BCUT2D eigenvalue weighted by Crippen LogP contribution is -1.95. The molecule has 0 aliphatic heterocycles. The summed E-state index contributed by atoms with van der Waals surface area (Å²) in [4.78, 5) is 15.1. The van der Waals surface area contributed by atoms with Crippen LogP contribution in [0.25, 0.3) is 20.8 Å². The van der Waals surface area contributed by atoms with Crippen molar-refractivity contribution in [2.24, 2.45) is 0 Å². The zero-order valence-corrected chi connectivity index (χ0v) is 11.1. The van der Waals surface area contributed by atoms with Crippen molar-refractivity contribution >= 4 is 33.7 Å². The summed E-state index contributed by atoms with van der Waals surface area (Å²) in [7, 11) is 0. The number of aryl methyl sites for hydroxylation is 1. The van der Waals surface area contributed by atoms with Gasteiger partial charge < -0.3 is 5.32 Å². The van der Waals surface area contributed by atoms with Gasteiger partial charge in [-0.3, -0.25) is 4.79 Å². The Bertz CT molecular complexity index is 749. The van der Waals surface area contributed by atoms with Crippen LogP contribution in [0.15, 0.2) is 42.5 Å². The van der Waals surface area contributed by atoms with Gasteiger partial charge in [0.1, 0.15) is 5.01 Å². The molecular weight excluding hydrogens is 256 g/mol. The van der Waals surface area contributed by atoms with Crippen molar-refractivity contribution in [3.8, 4) is 10.6 Å². The highest BCUT2D eigenvalue weighted by Crippen LogP contribution is 2.34. The summed E-state index contributed by atoms with van der Waals surface area (Å²) in [6.07, 6.45) is 1.71. The first-order valence-electron chi connectivity index (χ1n) is 5.87. The summed E-state index contributed by atoms with van der Waals surface area (Å²) in [5.41, 5.74) is 3.85. The van der Waals surface area contributed by atoms with Gasteiger partial charge in [0.25, 0.3) is 0 Å². The molecule has 1 radical (unpaired) electrons. The lowest BCUT2D eigenvalue weighted by Gasteiger charge is -2.03. The number of nitrogens with zero attached hydrogens (tertiary/aromatic N) is 1. The average molecular weight is 267 g/mol. The van der Waals surface area contributed by atoms with Crippen LogP contribution in [0.4, 0.5) is 5.69 Å². The number of carbonyl (C=O) groups excluding carboxylic acids is 1. The van der Waals surface area contributed by atoms with Gasteiger partial charge in [0.15, 0.2) is 0 Å². The molecule has 0 saturated carbocycles. The Labute approximate surface area is 114 Å². The lowest BCUT2D eigenvalue weighted by atomic mass is 10.2. The van der Waals surface area contributed by atoms with E-state index in [4.69, 9.17) is 0 Å². The highest BCUT2D eigenvalue weighted by atomic mass is 32.1. The molecule has 0 aliphatic rings. The molecule has 1 heterocycles. The van der Waals surface area contributed by atoms with Crippen LogP contribution in [0.2, 0.25) is 0 Å². The molecule has 0 aliphatic carbocycles. The van der Waals surface area contributed by atoms with Crippen LogP contribution in [-0.2, 0) is 4.79 Å². The van der Waals surface area contributed by atoms with Gasteiger partial charge in [0.05, 0.1) is 15.9 Å². The fourth-order valence-corrected chi connectivity index (χ4v) is 3.08. The number of rotatable bonds is 3. The summed E-state index contributed by atoms with van der Waals surface area (Å²) in [5.74, 6) is 0. The molecule has 1 N–H and O–H groups in total. The molecule has 3 aromatic rings. The maximum atomic E-state index is 10.5. The van der Waals surface area contributed by atoms with Gasteiger partial charge in [0, 0.05) is 5.56 Å². The van der Waals surface area contributed by atoms with Crippen molar-refractivity contribution in [3.05, 3.63) is 48.0 Å². The van der Waals surface area contributed by atoms with E-state index < -0.39 is 0 Å². The Morgan fingerprint density at radius 1 is 1.21 bits per heavy atom. The second kappa shape index (κ2) is 4.82. The monoisotopic (exact) mass is 267 g/mol. The van der Waals surface area contributed by atoms with Crippen molar-refractivity contribution in [2.75, 3.05) is 5.32 Å². The first-order valence-corrected chi connectivity index (χ1v) is 6.69. The number of fused-ring (bicyclic) bond motifs is 1. The molecule has 2 aromatic carbocycles. The number of hydrogen-bond donors (Lipinski definition) is 1. The summed E-state index contributed by atoms with van der Waals surface area (Å²) < 4.78 is 1.15. The topological polar surface area (TPSA) is 42.0 Å². The minimum absolute atomic E-state index is 0.730. The predicted octanol–water partition coefficient (Wildman–Crippen LogP) is 3.75. The number of amides is 1. The highest BCUT2D eigenvalue weighted by molar-refractivity contribution is 7.21. The smallest absolute Gasteiger partial charge is 0.314 e. The van der Waals surface area contributed by atoms with Crippen LogP contribution in [-0.4, -0.2) is 11.4 Å². The van der Waals surface area contributed by atoms with E-state index in [1.807, 2.05) is 30.3 Å². The molecule has 19 heavy (non-hydrogen) atoms. The Morgan fingerprint density at radius 3 is 2.89 bits per heavy atom. The first-order chi connectivity index (χ1) is 9.28. The zero-order chi connectivity index (χ0) is 13.2. The van der Waals surface area contributed by atoms with Gasteiger partial charge in [-0.2, -0.15) is 0 Å². The second-order valence-corrected chi connectivity index (χ2v) is 5.29. The van der Waals surface area contributed by atoms with Crippen LogP contribution in [0.1, 0.15) is 5.56 Å². The molecule has 0 bridgehead atoms. The Morgan fingerprint density at radius 2 is 2.05 bits per heavy atom. The van der Waals surface area contributed by atoms with Crippen LogP contribution < -0.4 is 5.32 Å². The van der Waals surface area contributed by atoms with Gasteiger partial charge in [-0.25, -0.2) is 4.98 Å². The third-order valence-electron chi connectivity index (χ3n) is 2.89. The fourth-order valence-electron chi connectivity index (χ4n) is 1.98. The van der Waals surface area contributed by atoms with Gasteiger partial charge in [-0.1, -0.05) is 18.2 Å². The van der Waals surface area contributed by atoms with E-state index in [2.05, 4.69) is 29.4 Å². The first kappa shape index (κ1) is 11.9. The molecule has 93 valence electrons. The predicted molar refractivity (Wildman–Crippen MR) is 79.1 cm³/mol. The lowest BCUT2D eigenvalue weighted by molar-refractivity contribution is 0.561. The molecular formula is C15H11N2OS. The second-order valence-electron chi connectivity index (χ2n) is 4.26. The average Bonchev–Trinajstić information content (AvgIpc) is 2.82. The van der Waals surface area contributed by atoms with Crippen molar-refractivity contribution in [3.63, 3.8) is 0 Å². The Balaban J connectivity index is 2.16. The van der Waals surface area contributed by atoms with Crippen LogP contribution in [0, 0.1) is 6.92 Å². The van der Waals surface area contributed by atoms with Gasteiger partial charge in [0.2, 0.25) is 0 Å². The molecule has 3 nitrogen and oxygen atoms in total. The van der Waals surface area contributed by atoms with Crippen molar-refractivity contribution in [2.45, 2.75) is 6.92 Å². The van der Waals surface area contributed by atoms with Crippen molar-refractivity contribution in [1.82, 2.24) is 4.98 Å². The molecule has 4 heteroatoms. The molecule has 0 saturated heterocycles. The molecule has 0 fully saturated rings. The maximum Gasteiger partial charge on any atom is 0.314 e. The maximum absolute atomic E-state index is 10.5. The number of aromatic nitrogens is 1. The standard InChI is InChI=1S/C15H11N2OS/c1-10-6-7-13-14(8-10)19-15(17-13)11-4-2-3-5-12(11)16-9-18/h2-8H,1H3,(H,16,18). The van der Waals surface area contributed by atoms with Crippen molar-refractivity contribution in [1.29, 1.82) is 0 Å². The number of anilines is 1. The summed E-state index contributed by atoms with van der Waals surface area (Å²) in [5, 5.41) is 3.49. The SMILES string of the molecule is Cc1ccc2nc(-c3ccccc3N[C]=O)sc2c1. The number of hydrogen-bond acceptors (Lipinski definition) is 3. The molecule has 1 aromatic heterocycles. The fraction of sp³-hybridized carbons (Fsp3) is 0.0667.